The molecule has 0 unspecified atom stereocenters. The van der Waals surface area contributed by atoms with Crippen LogP contribution in [0.2, 0.25) is 0 Å². The Morgan fingerprint density at radius 2 is 2.29 bits per heavy atom. The number of ether oxygens (including phenoxy) is 1. The Kier molecular flexibility index (Phi) is 2.73. The third-order valence-electron chi connectivity index (χ3n) is 2.27. The third-order valence-corrected chi connectivity index (χ3v) is 2.27. The summed E-state index contributed by atoms with van der Waals surface area (Å²) >= 11 is 0. The van der Waals surface area contributed by atoms with Gasteiger partial charge in [-0.25, -0.2) is 4.79 Å². The molecule has 0 spiro atoms. The summed E-state index contributed by atoms with van der Waals surface area (Å²) in [5.74, 6) is -0.622. The third kappa shape index (κ3) is 1.82. The van der Waals surface area contributed by atoms with E-state index >= 15 is 0 Å². The van der Waals surface area contributed by atoms with Crippen LogP contribution in [0.25, 0.3) is 11.3 Å². The smallest absolute Gasteiger partial charge is 0.356 e. The van der Waals surface area contributed by atoms with E-state index in [0.717, 1.165) is 0 Å². The fourth-order valence-electron chi connectivity index (χ4n) is 1.47. The maximum Gasteiger partial charge on any atom is 0.356 e. The maximum atomic E-state index is 11.9. The average Bonchev–Trinajstić information content (AvgIpc) is 2.66. The van der Waals surface area contributed by atoms with E-state index < -0.39 is 5.97 Å². The molecule has 0 amide bonds. The van der Waals surface area contributed by atoms with Gasteiger partial charge in [0.15, 0.2) is 5.69 Å². The minimum atomic E-state index is -0.622. The van der Waals surface area contributed by atoms with Gasteiger partial charge in [-0.1, -0.05) is 0 Å². The first-order chi connectivity index (χ1) is 8.15. The zero-order chi connectivity index (χ0) is 12.4. The Morgan fingerprint density at radius 3 is 2.88 bits per heavy atom. The van der Waals surface area contributed by atoms with E-state index in [9.17, 15) is 9.59 Å². The van der Waals surface area contributed by atoms with Crippen molar-refractivity contribution in [3.8, 4) is 11.3 Å². The lowest BCUT2D eigenvalue weighted by molar-refractivity contribution is 0.0594. The van der Waals surface area contributed by atoms with Crippen molar-refractivity contribution in [2.45, 2.75) is 0 Å². The van der Waals surface area contributed by atoms with Crippen LogP contribution >= 0.6 is 0 Å². The monoisotopic (exact) mass is 234 g/mol. The average molecular weight is 234 g/mol. The molecule has 2 heterocycles. The van der Waals surface area contributed by atoms with Crippen molar-refractivity contribution in [1.82, 2.24) is 20.0 Å². The second-order valence-corrected chi connectivity index (χ2v) is 3.33. The summed E-state index contributed by atoms with van der Waals surface area (Å²) in [7, 11) is 2.75. The maximum absolute atomic E-state index is 11.9. The summed E-state index contributed by atoms with van der Waals surface area (Å²) in [5.41, 5.74) is 0.202. The van der Waals surface area contributed by atoms with E-state index in [1.165, 1.54) is 25.0 Å². The van der Waals surface area contributed by atoms with Gasteiger partial charge in [0, 0.05) is 13.2 Å². The van der Waals surface area contributed by atoms with Gasteiger partial charge in [0.1, 0.15) is 11.3 Å². The Labute approximate surface area is 96.0 Å². The number of esters is 1. The number of aryl methyl sites for hydroxylation is 1. The predicted molar refractivity (Wildman–Crippen MR) is 58.4 cm³/mol. The number of nitrogens with zero attached hydrogens (tertiary/aromatic N) is 3. The summed E-state index contributed by atoms with van der Waals surface area (Å²) in [6.45, 7) is 0. The summed E-state index contributed by atoms with van der Waals surface area (Å²) in [5, 5.41) is 10.1. The molecule has 0 atom stereocenters. The molecule has 1 N–H and O–H groups in total. The predicted octanol–water partition coefficient (Wildman–Crippen LogP) is -0.0430. The van der Waals surface area contributed by atoms with Crippen LogP contribution in [0.5, 0.6) is 0 Å². The summed E-state index contributed by atoms with van der Waals surface area (Å²) in [6, 6.07) is 3.24. The molecule has 0 radical (unpaired) electrons. The first-order valence-electron chi connectivity index (χ1n) is 4.80. The number of nitrogens with one attached hydrogen (secondary N) is 1. The highest BCUT2D eigenvalue weighted by atomic mass is 16.5. The van der Waals surface area contributed by atoms with E-state index in [0.29, 0.717) is 5.69 Å². The van der Waals surface area contributed by atoms with E-state index in [2.05, 4.69) is 20.0 Å². The first-order valence-corrected chi connectivity index (χ1v) is 4.80. The molecular formula is C10H10N4O3. The van der Waals surface area contributed by atoms with Crippen molar-refractivity contribution in [2.24, 2.45) is 7.05 Å². The number of methoxy groups -OCH3 is 1. The lowest BCUT2D eigenvalue weighted by atomic mass is 10.1. The number of carbonyl (C=O) groups is 1. The molecule has 7 nitrogen and oxygen atoms in total. The van der Waals surface area contributed by atoms with Crippen molar-refractivity contribution >= 4 is 5.97 Å². The minimum absolute atomic E-state index is 0.0699. The standard InChI is InChI=1S/C10H10N4O3/c1-14-9(15)7(6-4-3-5-11-12-6)8(13-14)10(16)17-2/h3-5,13H,1-2H3. The summed E-state index contributed by atoms with van der Waals surface area (Å²) < 4.78 is 5.79. The van der Waals surface area contributed by atoms with Crippen molar-refractivity contribution in [2.75, 3.05) is 7.11 Å². The zero-order valence-electron chi connectivity index (χ0n) is 9.30. The highest BCUT2D eigenvalue weighted by Crippen LogP contribution is 2.15. The fourth-order valence-corrected chi connectivity index (χ4v) is 1.47. The van der Waals surface area contributed by atoms with Gasteiger partial charge in [-0.05, 0) is 12.1 Å². The molecule has 0 aliphatic carbocycles. The first kappa shape index (κ1) is 11.1. The van der Waals surface area contributed by atoms with Gasteiger partial charge >= 0.3 is 5.97 Å². The van der Waals surface area contributed by atoms with Crippen molar-refractivity contribution in [1.29, 1.82) is 0 Å². The van der Waals surface area contributed by atoms with Crippen LogP contribution in [0.15, 0.2) is 23.1 Å². The van der Waals surface area contributed by atoms with Crippen LogP contribution in [-0.4, -0.2) is 33.1 Å². The van der Waals surface area contributed by atoms with Gasteiger partial charge in [0.25, 0.3) is 5.56 Å². The van der Waals surface area contributed by atoms with E-state index in [4.69, 9.17) is 0 Å². The lowest BCUT2D eigenvalue weighted by Gasteiger charge is -1.98. The number of aromatic amines is 1. The lowest BCUT2D eigenvalue weighted by Crippen LogP contribution is -2.13. The summed E-state index contributed by atoms with van der Waals surface area (Å²) in [4.78, 5) is 23.4. The SMILES string of the molecule is COC(=O)c1[nH]n(C)c(=O)c1-c1cccnn1. The largest absolute Gasteiger partial charge is 0.464 e. The second-order valence-electron chi connectivity index (χ2n) is 3.33. The van der Waals surface area contributed by atoms with Crippen LogP contribution in [0, 0.1) is 0 Å². The quantitative estimate of drug-likeness (QED) is 0.736. The number of carbonyl (C=O) groups excluding carboxylic acids is 1. The number of hydrogen-bond donors (Lipinski definition) is 1. The van der Waals surface area contributed by atoms with Gasteiger partial charge in [-0.3, -0.25) is 14.6 Å². The number of hydrogen-bond acceptors (Lipinski definition) is 5. The molecule has 2 rings (SSSR count). The van der Waals surface area contributed by atoms with Crippen molar-refractivity contribution in [3.63, 3.8) is 0 Å². The number of aromatic nitrogens is 4. The van der Waals surface area contributed by atoms with Gasteiger partial charge in [0.05, 0.1) is 7.11 Å². The van der Waals surface area contributed by atoms with E-state index in [1.807, 2.05) is 0 Å². The van der Waals surface area contributed by atoms with Crippen LogP contribution in [-0.2, 0) is 11.8 Å². The Balaban J connectivity index is 2.68. The molecule has 0 bridgehead atoms. The molecule has 7 heteroatoms. The molecule has 0 saturated carbocycles. The van der Waals surface area contributed by atoms with Crippen molar-refractivity contribution in [3.05, 3.63) is 34.4 Å². The van der Waals surface area contributed by atoms with Crippen molar-refractivity contribution < 1.29 is 9.53 Å². The highest BCUT2D eigenvalue weighted by molar-refractivity contribution is 5.94. The molecule has 0 saturated heterocycles. The van der Waals surface area contributed by atoms with Gasteiger partial charge in [-0.15, -0.1) is 0 Å². The Hall–Kier alpha value is -2.44. The van der Waals surface area contributed by atoms with Crippen LogP contribution < -0.4 is 5.56 Å². The molecule has 0 fully saturated rings. The molecule has 2 aromatic heterocycles. The second kappa shape index (κ2) is 4.20. The minimum Gasteiger partial charge on any atom is -0.464 e. The van der Waals surface area contributed by atoms with E-state index in [1.54, 1.807) is 12.1 Å². The molecule has 0 aromatic carbocycles. The molecule has 0 aliphatic rings. The molecule has 88 valence electrons. The topological polar surface area (TPSA) is 89.9 Å². The molecular weight excluding hydrogens is 224 g/mol. The highest BCUT2D eigenvalue weighted by Gasteiger charge is 2.21. The van der Waals surface area contributed by atoms with E-state index in [-0.39, 0.29) is 16.8 Å². The Morgan fingerprint density at radius 1 is 1.53 bits per heavy atom. The van der Waals surface area contributed by atoms with Gasteiger partial charge in [0.2, 0.25) is 0 Å². The normalized spacial score (nSPS) is 10.2. The molecule has 17 heavy (non-hydrogen) atoms. The fraction of sp³-hybridized carbons (Fsp3) is 0.200. The Bertz CT molecular complexity index is 600. The zero-order valence-corrected chi connectivity index (χ0v) is 9.30. The van der Waals surface area contributed by atoms with Crippen LogP contribution in [0.1, 0.15) is 10.5 Å². The number of H-pyrrole nitrogens is 1. The van der Waals surface area contributed by atoms with Crippen LogP contribution in [0.4, 0.5) is 0 Å². The number of rotatable bonds is 2. The molecule has 0 aliphatic heterocycles. The molecule has 2 aromatic rings. The van der Waals surface area contributed by atoms with Crippen LogP contribution in [0.3, 0.4) is 0 Å². The van der Waals surface area contributed by atoms with Gasteiger partial charge in [-0.2, -0.15) is 10.2 Å². The van der Waals surface area contributed by atoms with Gasteiger partial charge < -0.3 is 4.74 Å². The summed E-state index contributed by atoms with van der Waals surface area (Å²) in [6.07, 6.45) is 1.48.